The first-order valence-corrected chi connectivity index (χ1v) is 7.00. The van der Waals surface area contributed by atoms with E-state index in [1.807, 2.05) is 24.4 Å². The number of thiophene rings is 2. The number of ketones is 1. The topological polar surface area (TPSA) is 17.1 Å². The molecule has 2 heterocycles. The van der Waals surface area contributed by atoms with Gasteiger partial charge >= 0.3 is 0 Å². The molecule has 0 atom stereocenters. The maximum atomic E-state index is 12.0. The second-order valence-electron chi connectivity index (χ2n) is 2.99. The molecule has 0 unspecified atom stereocenters. The van der Waals surface area contributed by atoms with Crippen LogP contribution in [0.5, 0.6) is 0 Å². The molecule has 5 heteroatoms. The van der Waals surface area contributed by atoms with Crippen molar-refractivity contribution in [1.29, 1.82) is 0 Å². The molecule has 0 radical (unpaired) electrons. The van der Waals surface area contributed by atoms with Crippen LogP contribution in [0.15, 0.2) is 21.3 Å². The predicted octanol–water partition coefficient (Wildman–Crippen LogP) is 4.76. The van der Waals surface area contributed by atoms with Crippen LogP contribution in [0.25, 0.3) is 0 Å². The van der Waals surface area contributed by atoms with Gasteiger partial charge in [-0.15, -0.1) is 22.7 Å². The number of rotatable bonds is 2. The van der Waals surface area contributed by atoms with Crippen LogP contribution in [0.1, 0.15) is 20.1 Å². The molecule has 0 aliphatic carbocycles. The first-order valence-electron chi connectivity index (χ1n) is 4.13. The maximum Gasteiger partial charge on any atom is 0.214 e. The van der Waals surface area contributed by atoms with Gasteiger partial charge in [0.2, 0.25) is 5.78 Å². The Morgan fingerprint density at radius 1 is 1.47 bits per heavy atom. The molecule has 0 aliphatic rings. The number of aryl methyl sites for hydroxylation is 1. The lowest BCUT2D eigenvalue weighted by Crippen LogP contribution is -1.95. The summed E-state index contributed by atoms with van der Waals surface area (Å²) in [6.07, 6.45) is 0. The van der Waals surface area contributed by atoms with Gasteiger partial charge in [-0.3, -0.25) is 4.79 Å². The molecule has 78 valence electrons. The molecular weight excluding hydrogens is 316 g/mol. The molecule has 0 bridgehead atoms. The minimum atomic E-state index is 0.00815. The fraction of sp³-hybridized carbons (Fsp3) is 0.100. The van der Waals surface area contributed by atoms with Crippen LogP contribution in [0.4, 0.5) is 0 Å². The van der Waals surface area contributed by atoms with E-state index in [0.29, 0.717) is 14.8 Å². The third-order valence-corrected chi connectivity index (χ3v) is 5.22. The average molecular weight is 322 g/mol. The highest BCUT2D eigenvalue weighted by Gasteiger charge is 2.17. The van der Waals surface area contributed by atoms with E-state index in [0.717, 1.165) is 9.35 Å². The lowest BCUT2D eigenvalue weighted by molar-refractivity contribution is 0.104. The number of halogens is 2. The Labute approximate surface area is 109 Å². The summed E-state index contributed by atoms with van der Waals surface area (Å²) >= 11 is 12.2. The van der Waals surface area contributed by atoms with Gasteiger partial charge in [0.25, 0.3) is 0 Å². The van der Waals surface area contributed by atoms with Gasteiger partial charge in [-0.25, -0.2) is 0 Å². The van der Waals surface area contributed by atoms with E-state index in [2.05, 4.69) is 15.9 Å². The van der Waals surface area contributed by atoms with E-state index in [1.54, 1.807) is 0 Å². The molecule has 0 fully saturated rings. The van der Waals surface area contributed by atoms with Gasteiger partial charge in [0.05, 0.1) is 18.6 Å². The monoisotopic (exact) mass is 320 g/mol. The summed E-state index contributed by atoms with van der Waals surface area (Å²) in [5.74, 6) is 0.00815. The van der Waals surface area contributed by atoms with Gasteiger partial charge < -0.3 is 0 Å². The van der Waals surface area contributed by atoms with Gasteiger partial charge in [-0.1, -0.05) is 11.6 Å². The first kappa shape index (κ1) is 11.3. The molecule has 0 N–H and O–H groups in total. The SMILES string of the molecule is Cc1csc(C(=O)c2ccc(Br)s2)c1Cl. The van der Waals surface area contributed by atoms with Crippen molar-refractivity contribution in [3.8, 4) is 0 Å². The van der Waals surface area contributed by atoms with E-state index in [9.17, 15) is 4.79 Å². The highest BCUT2D eigenvalue weighted by atomic mass is 79.9. The molecule has 0 spiro atoms. The lowest BCUT2D eigenvalue weighted by Gasteiger charge is -1.94. The van der Waals surface area contributed by atoms with E-state index in [4.69, 9.17) is 11.6 Å². The summed E-state index contributed by atoms with van der Waals surface area (Å²) in [5, 5.41) is 2.48. The Balaban J connectivity index is 2.41. The summed E-state index contributed by atoms with van der Waals surface area (Å²) in [6, 6.07) is 3.68. The Bertz CT molecular complexity index is 515. The van der Waals surface area contributed by atoms with E-state index in [1.165, 1.54) is 22.7 Å². The zero-order valence-corrected chi connectivity index (χ0v) is 11.7. The van der Waals surface area contributed by atoms with Gasteiger partial charge in [0.15, 0.2) is 0 Å². The molecule has 0 aliphatic heterocycles. The largest absolute Gasteiger partial charge is 0.287 e. The van der Waals surface area contributed by atoms with Gasteiger partial charge in [-0.05, 0) is 45.9 Å². The molecular formula is C10H6BrClOS2. The van der Waals surface area contributed by atoms with Crippen molar-refractivity contribution in [3.05, 3.63) is 41.6 Å². The first-order chi connectivity index (χ1) is 7.09. The number of hydrogen-bond acceptors (Lipinski definition) is 3. The number of hydrogen-bond donors (Lipinski definition) is 0. The second-order valence-corrected chi connectivity index (χ2v) is 6.72. The van der Waals surface area contributed by atoms with E-state index < -0.39 is 0 Å². The van der Waals surface area contributed by atoms with Crippen LogP contribution in [-0.4, -0.2) is 5.78 Å². The zero-order chi connectivity index (χ0) is 11.0. The average Bonchev–Trinajstić information content (AvgIpc) is 2.75. The predicted molar refractivity (Wildman–Crippen MR) is 69.5 cm³/mol. The summed E-state index contributed by atoms with van der Waals surface area (Å²) in [7, 11) is 0. The molecule has 0 saturated heterocycles. The fourth-order valence-corrected chi connectivity index (χ4v) is 3.76. The maximum absolute atomic E-state index is 12.0. The van der Waals surface area contributed by atoms with Crippen molar-refractivity contribution in [2.75, 3.05) is 0 Å². The van der Waals surface area contributed by atoms with E-state index >= 15 is 0 Å². The van der Waals surface area contributed by atoms with Crippen LogP contribution >= 0.6 is 50.2 Å². The Morgan fingerprint density at radius 3 is 2.67 bits per heavy atom. The van der Waals surface area contributed by atoms with Crippen molar-refractivity contribution in [2.24, 2.45) is 0 Å². The molecule has 0 aromatic carbocycles. The molecule has 1 nitrogen and oxygen atoms in total. The van der Waals surface area contributed by atoms with Crippen LogP contribution in [0, 0.1) is 6.92 Å². The Hall–Kier alpha value is -0.160. The second kappa shape index (κ2) is 4.37. The Morgan fingerprint density at radius 2 is 2.20 bits per heavy atom. The standard InChI is InChI=1S/C10H6BrClOS2/c1-5-4-14-10(8(5)12)9(13)6-2-3-7(11)15-6/h2-4H,1H3. The van der Waals surface area contributed by atoms with Crippen molar-refractivity contribution in [1.82, 2.24) is 0 Å². The van der Waals surface area contributed by atoms with Crippen LogP contribution in [0.2, 0.25) is 5.02 Å². The smallest absolute Gasteiger partial charge is 0.214 e. The summed E-state index contributed by atoms with van der Waals surface area (Å²) < 4.78 is 0.954. The minimum Gasteiger partial charge on any atom is -0.287 e. The van der Waals surface area contributed by atoms with Gasteiger partial charge in [0, 0.05) is 0 Å². The molecule has 2 rings (SSSR count). The van der Waals surface area contributed by atoms with Crippen molar-refractivity contribution in [2.45, 2.75) is 6.92 Å². The van der Waals surface area contributed by atoms with Crippen LogP contribution < -0.4 is 0 Å². The van der Waals surface area contributed by atoms with Crippen molar-refractivity contribution < 1.29 is 4.79 Å². The van der Waals surface area contributed by atoms with Crippen molar-refractivity contribution in [3.63, 3.8) is 0 Å². The quantitative estimate of drug-likeness (QED) is 0.729. The zero-order valence-electron chi connectivity index (χ0n) is 7.71. The van der Waals surface area contributed by atoms with E-state index in [-0.39, 0.29) is 5.78 Å². The molecule has 0 saturated carbocycles. The summed E-state index contributed by atoms with van der Waals surface area (Å²) in [6.45, 7) is 1.90. The molecule has 15 heavy (non-hydrogen) atoms. The molecule has 0 amide bonds. The lowest BCUT2D eigenvalue weighted by atomic mass is 10.2. The molecule has 2 aromatic rings. The summed E-state index contributed by atoms with van der Waals surface area (Å²) in [4.78, 5) is 13.4. The third-order valence-electron chi connectivity index (χ3n) is 1.90. The Kier molecular flexibility index (Phi) is 3.30. The highest BCUT2D eigenvalue weighted by molar-refractivity contribution is 9.11. The molecule has 2 aromatic heterocycles. The minimum absolute atomic E-state index is 0.00815. The van der Waals surface area contributed by atoms with Gasteiger partial charge in [-0.2, -0.15) is 0 Å². The summed E-state index contributed by atoms with van der Waals surface area (Å²) in [5.41, 5.74) is 0.959. The fourth-order valence-electron chi connectivity index (χ4n) is 1.13. The number of carbonyl (C=O) groups is 1. The van der Waals surface area contributed by atoms with Crippen molar-refractivity contribution >= 4 is 56.0 Å². The van der Waals surface area contributed by atoms with Gasteiger partial charge in [0.1, 0.15) is 0 Å². The van der Waals surface area contributed by atoms with Crippen LogP contribution in [0.3, 0.4) is 0 Å². The number of carbonyl (C=O) groups excluding carboxylic acids is 1. The highest BCUT2D eigenvalue weighted by Crippen LogP contribution is 2.32. The third kappa shape index (κ3) is 2.18. The van der Waals surface area contributed by atoms with Crippen LogP contribution in [-0.2, 0) is 0 Å². The normalized spacial score (nSPS) is 10.6.